The molecule has 4 rings (SSSR count). The number of carbonyl (C=O) groups is 1. The van der Waals surface area contributed by atoms with Crippen LogP contribution in [0.5, 0.6) is 0 Å². The maximum absolute atomic E-state index is 15.3. The lowest BCUT2D eigenvalue weighted by Crippen LogP contribution is -2.25. The van der Waals surface area contributed by atoms with Gasteiger partial charge in [-0.1, -0.05) is 24.3 Å². The molecule has 3 aromatic rings. The van der Waals surface area contributed by atoms with Gasteiger partial charge >= 0.3 is 12.1 Å². The Hall–Kier alpha value is -3.69. The second kappa shape index (κ2) is 9.05. The number of nitrogens with zero attached hydrogens (tertiary/aromatic N) is 3. The Morgan fingerprint density at radius 3 is 2.42 bits per heavy atom. The van der Waals surface area contributed by atoms with Gasteiger partial charge in [0.25, 0.3) is 0 Å². The van der Waals surface area contributed by atoms with Crippen LogP contribution in [0.3, 0.4) is 0 Å². The van der Waals surface area contributed by atoms with Gasteiger partial charge in [0.05, 0.1) is 17.2 Å². The van der Waals surface area contributed by atoms with Gasteiger partial charge in [0.15, 0.2) is 11.6 Å². The van der Waals surface area contributed by atoms with Crippen molar-refractivity contribution in [1.82, 2.24) is 9.97 Å². The molecular weight excluding hydrogens is 440 g/mol. The quantitative estimate of drug-likeness (QED) is 0.487. The van der Waals surface area contributed by atoms with Crippen LogP contribution in [0.1, 0.15) is 45.9 Å². The van der Waals surface area contributed by atoms with Crippen LogP contribution in [0.25, 0.3) is 0 Å². The summed E-state index contributed by atoms with van der Waals surface area (Å²) in [6.07, 6.45) is -1.78. The van der Waals surface area contributed by atoms with Gasteiger partial charge in [0.2, 0.25) is 5.82 Å². The van der Waals surface area contributed by atoms with Crippen LogP contribution in [-0.4, -0.2) is 27.6 Å². The molecule has 0 spiro atoms. The molecule has 1 atom stereocenters. The fourth-order valence-electron chi connectivity index (χ4n) is 3.90. The molecule has 2 aromatic carbocycles. The number of nitrogens with one attached hydrogen (secondary N) is 1. The van der Waals surface area contributed by atoms with Crippen LogP contribution >= 0.6 is 0 Å². The molecule has 1 saturated heterocycles. The van der Waals surface area contributed by atoms with Crippen molar-refractivity contribution in [3.05, 3.63) is 82.9 Å². The van der Waals surface area contributed by atoms with Crippen molar-refractivity contribution in [2.75, 3.05) is 16.8 Å². The van der Waals surface area contributed by atoms with Crippen LogP contribution in [0.15, 0.2) is 54.9 Å². The lowest BCUT2D eigenvalue weighted by atomic mass is 10.0. The Kier molecular flexibility index (Phi) is 6.17. The average molecular weight is 460 g/mol. The van der Waals surface area contributed by atoms with Gasteiger partial charge in [-0.2, -0.15) is 17.6 Å². The zero-order chi connectivity index (χ0) is 23.6. The molecule has 33 heavy (non-hydrogen) atoms. The number of aromatic carboxylic acids is 1. The first kappa shape index (κ1) is 22.5. The van der Waals surface area contributed by atoms with Crippen molar-refractivity contribution in [2.24, 2.45) is 0 Å². The third-order valence-corrected chi connectivity index (χ3v) is 5.58. The molecule has 1 unspecified atom stereocenters. The molecule has 172 valence electrons. The highest BCUT2D eigenvalue weighted by atomic mass is 19.4. The smallest absolute Gasteiger partial charge is 0.416 e. The van der Waals surface area contributed by atoms with Gasteiger partial charge in [-0.05, 0) is 48.2 Å². The molecule has 1 aliphatic heterocycles. The van der Waals surface area contributed by atoms with E-state index in [1.807, 2.05) is 0 Å². The molecule has 0 amide bonds. The molecule has 2 heterocycles. The number of benzene rings is 2. The molecule has 1 aromatic heterocycles. The van der Waals surface area contributed by atoms with Crippen LogP contribution in [0.4, 0.5) is 29.2 Å². The maximum Gasteiger partial charge on any atom is 0.416 e. The van der Waals surface area contributed by atoms with E-state index in [-0.39, 0.29) is 29.8 Å². The predicted molar refractivity (Wildman–Crippen MR) is 113 cm³/mol. The molecule has 10 heteroatoms. The van der Waals surface area contributed by atoms with E-state index in [0.717, 1.165) is 24.1 Å². The highest BCUT2D eigenvalue weighted by Gasteiger charge is 2.33. The van der Waals surface area contributed by atoms with Gasteiger partial charge in [-0.15, -0.1) is 0 Å². The van der Waals surface area contributed by atoms with E-state index in [4.69, 9.17) is 5.11 Å². The summed E-state index contributed by atoms with van der Waals surface area (Å²) in [5.41, 5.74) is 0.819. The van der Waals surface area contributed by atoms with Crippen molar-refractivity contribution in [2.45, 2.75) is 31.6 Å². The third kappa shape index (κ3) is 4.89. The van der Waals surface area contributed by atoms with E-state index in [1.54, 1.807) is 17.0 Å². The van der Waals surface area contributed by atoms with Gasteiger partial charge in [0, 0.05) is 13.1 Å². The molecule has 0 aliphatic carbocycles. The van der Waals surface area contributed by atoms with Gasteiger partial charge in [-0.25, -0.2) is 14.8 Å². The Morgan fingerprint density at radius 2 is 1.79 bits per heavy atom. The number of carboxylic acid groups (broad SMARTS) is 1. The molecule has 6 nitrogen and oxygen atoms in total. The summed E-state index contributed by atoms with van der Waals surface area (Å²) in [5.74, 6) is -1.62. The first-order chi connectivity index (χ1) is 15.7. The van der Waals surface area contributed by atoms with Gasteiger partial charge in [-0.3, -0.25) is 0 Å². The lowest BCUT2D eigenvalue weighted by Gasteiger charge is -2.27. The number of rotatable bonds is 6. The average Bonchev–Trinajstić information content (AvgIpc) is 3.28. The Labute approximate surface area is 186 Å². The summed E-state index contributed by atoms with van der Waals surface area (Å²) in [5, 5.41) is 11.9. The van der Waals surface area contributed by atoms with E-state index < -0.39 is 23.5 Å². The number of hydrogen-bond acceptors (Lipinski definition) is 5. The summed E-state index contributed by atoms with van der Waals surface area (Å²) in [6, 6.07) is 10.8. The van der Waals surface area contributed by atoms with E-state index in [2.05, 4.69) is 15.3 Å². The molecule has 1 aliphatic rings. The topological polar surface area (TPSA) is 78.3 Å². The SMILES string of the molecule is O=C(O)c1ccc(CNc2ncnc(N3CCCC3c3ccc(C(F)(F)F)cc3)c2F)cc1. The summed E-state index contributed by atoms with van der Waals surface area (Å²) in [4.78, 5) is 20.8. The van der Waals surface area contributed by atoms with Crippen LogP contribution in [0.2, 0.25) is 0 Å². The number of halogens is 4. The standard InChI is InChI=1S/C23H20F4N4O2/c24-19-20(28-12-14-3-5-16(6-4-14)22(32)33)29-13-30-21(19)31-11-1-2-18(31)15-7-9-17(10-8-15)23(25,26)27/h3-10,13,18H,1-2,11-12H2,(H,32,33)(H,28,29,30). The van der Waals surface area contributed by atoms with E-state index in [1.165, 1.54) is 30.6 Å². The van der Waals surface area contributed by atoms with Crippen LogP contribution in [0, 0.1) is 5.82 Å². The summed E-state index contributed by atoms with van der Waals surface area (Å²) in [6.45, 7) is 0.727. The highest BCUT2D eigenvalue weighted by Crippen LogP contribution is 2.38. The molecular formula is C23H20F4N4O2. The normalized spacial score (nSPS) is 16.1. The van der Waals surface area contributed by atoms with Crippen molar-refractivity contribution in [3.63, 3.8) is 0 Å². The predicted octanol–water partition coefficient (Wildman–Crippen LogP) is 5.29. The van der Waals surface area contributed by atoms with Crippen molar-refractivity contribution in [3.8, 4) is 0 Å². The Bertz CT molecular complexity index is 1130. The third-order valence-electron chi connectivity index (χ3n) is 5.58. The summed E-state index contributed by atoms with van der Waals surface area (Å²) in [7, 11) is 0. The molecule has 0 saturated carbocycles. The molecule has 1 fully saturated rings. The van der Waals surface area contributed by atoms with Crippen LogP contribution in [-0.2, 0) is 12.7 Å². The number of anilines is 2. The van der Waals surface area contributed by atoms with E-state index in [0.29, 0.717) is 18.5 Å². The number of alkyl halides is 3. The molecule has 2 N–H and O–H groups in total. The fraction of sp³-hybridized carbons (Fsp3) is 0.261. The summed E-state index contributed by atoms with van der Waals surface area (Å²) < 4.78 is 53.9. The van der Waals surface area contributed by atoms with Crippen molar-refractivity contribution in [1.29, 1.82) is 0 Å². The minimum absolute atomic E-state index is 0.0135. The Balaban J connectivity index is 1.51. The first-order valence-electron chi connectivity index (χ1n) is 10.2. The zero-order valence-electron chi connectivity index (χ0n) is 17.3. The minimum atomic E-state index is -4.42. The monoisotopic (exact) mass is 460 g/mol. The van der Waals surface area contributed by atoms with Crippen LogP contribution < -0.4 is 10.2 Å². The zero-order valence-corrected chi connectivity index (χ0v) is 17.3. The minimum Gasteiger partial charge on any atom is -0.478 e. The Morgan fingerprint density at radius 1 is 1.09 bits per heavy atom. The van der Waals surface area contributed by atoms with Gasteiger partial charge < -0.3 is 15.3 Å². The van der Waals surface area contributed by atoms with Crippen molar-refractivity contribution < 1.29 is 27.5 Å². The van der Waals surface area contributed by atoms with E-state index in [9.17, 15) is 18.0 Å². The highest BCUT2D eigenvalue weighted by molar-refractivity contribution is 5.87. The number of aromatic nitrogens is 2. The number of hydrogen-bond donors (Lipinski definition) is 2. The van der Waals surface area contributed by atoms with E-state index >= 15 is 4.39 Å². The first-order valence-corrected chi connectivity index (χ1v) is 10.2. The second-order valence-corrected chi connectivity index (χ2v) is 7.69. The lowest BCUT2D eigenvalue weighted by molar-refractivity contribution is -0.137. The second-order valence-electron chi connectivity index (χ2n) is 7.69. The summed E-state index contributed by atoms with van der Waals surface area (Å²) >= 11 is 0. The molecule has 0 radical (unpaired) electrons. The largest absolute Gasteiger partial charge is 0.478 e. The fourth-order valence-corrected chi connectivity index (χ4v) is 3.90. The van der Waals surface area contributed by atoms with Gasteiger partial charge in [0.1, 0.15) is 6.33 Å². The molecule has 0 bridgehead atoms. The number of carboxylic acids is 1. The van der Waals surface area contributed by atoms with Crippen molar-refractivity contribution >= 4 is 17.6 Å². The maximum atomic E-state index is 15.3.